The Kier molecular flexibility index (Phi) is 7.92. The molecule has 194 valence electrons. The third kappa shape index (κ3) is 5.96. The van der Waals surface area contributed by atoms with Crippen LogP contribution in [0.3, 0.4) is 0 Å². The molecule has 1 saturated heterocycles. The summed E-state index contributed by atoms with van der Waals surface area (Å²) in [7, 11) is 0. The predicted octanol–water partition coefficient (Wildman–Crippen LogP) is 4.44. The topological polar surface area (TPSA) is 119 Å². The molecule has 0 aromatic heterocycles. The highest BCUT2D eigenvalue weighted by atomic mass is 19.1. The van der Waals surface area contributed by atoms with Crippen molar-refractivity contribution in [1.29, 1.82) is 0 Å². The fourth-order valence-electron chi connectivity index (χ4n) is 4.44. The highest BCUT2D eigenvalue weighted by Gasteiger charge is 2.37. The minimum absolute atomic E-state index is 0.0110. The Morgan fingerprint density at radius 1 is 1.03 bits per heavy atom. The van der Waals surface area contributed by atoms with E-state index in [0.29, 0.717) is 19.6 Å². The van der Waals surface area contributed by atoms with Crippen molar-refractivity contribution in [3.8, 4) is 5.75 Å². The fourth-order valence-corrected chi connectivity index (χ4v) is 4.44. The Bertz CT molecular complexity index is 1150. The first-order valence-corrected chi connectivity index (χ1v) is 11.7. The third-order valence-corrected chi connectivity index (χ3v) is 6.37. The van der Waals surface area contributed by atoms with Crippen LogP contribution in [0.2, 0.25) is 0 Å². The molecule has 0 bridgehead atoms. The van der Waals surface area contributed by atoms with Crippen molar-refractivity contribution < 1.29 is 23.8 Å². The lowest BCUT2D eigenvalue weighted by molar-refractivity contribution is -0.396. The maximum atomic E-state index is 13.2. The predicted molar refractivity (Wildman–Crippen MR) is 131 cm³/mol. The number of piperazine rings is 1. The SMILES string of the molecule is C[C@@H]1CN(Cc2ccc(F)cc2)[C@@H](C)CN1C(=O)COc1c([N+](=O)[O-])ccc(C(C)(C)C)c1[N+](=O)[O-]. The molecule has 11 heteroatoms. The molecule has 1 fully saturated rings. The number of nitro groups is 2. The van der Waals surface area contributed by atoms with Gasteiger partial charge in [0.2, 0.25) is 0 Å². The van der Waals surface area contributed by atoms with Crippen LogP contribution in [0.4, 0.5) is 15.8 Å². The van der Waals surface area contributed by atoms with E-state index in [9.17, 15) is 29.4 Å². The zero-order valence-corrected chi connectivity index (χ0v) is 21.1. The van der Waals surface area contributed by atoms with Gasteiger partial charge in [-0.3, -0.25) is 29.9 Å². The highest BCUT2D eigenvalue weighted by molar-refractivity contribution is 5.79. The van der Waals surface area contributed by atoms with Crippen LogP contribution >= 0.6 is 0 Å². The maximum Gasteiger partial charge on any atom is 0.321 e. The number of carbonyl (C=O) groups excluding carboxylic acids is 1. The molecule has 10 nitrogen and oxygen atoms in total. The fraction of sp³-hybridized carbons (Fsp3) is 0.480. The number of ether oxygens (including phenoxy) is 1. The molecule has 0 unspecified atom stereocenters. The second-order valence-electron chi connectivity index (χ2n) is 10.2. The van der Waals surface area contributed by atoms with Crippen LogP contribution in [-0.2, 0) is 16.8 Å². The quantitative estimate of drug-likeness (QED) is 0.406. The number of nitro benzene ring substituents is 2. The summed E-state index contributed by atoms with van der Waals surface area (Å²) >= 11 is 0. The molecule has 1 aliphatic rings. The molecule has 0 N–H and O–H groups in total. The van der Waals surface area contributed by atoms with Gasteiger partial charge in [-0.2, -0.15) is 0 Å². The molecule has 0 spiro atoms. The van der Waals surface area contributed by atoms with Crippen molar-refractivity contribution in [3.63, 3.8) is 0 Å². The molecule has 1 heterocycles. The highest BCUT2D eigenvalue weighted by Crippen LogP contribution is 2.43. The molecular formula is C25H31FN4O6. The van der Waals surface area contributed by atoms with Gasteiger partial charge in [0.15, 0.2) is 6.61 Å². The Morgan fingerprint density at radius 3 is 2.22 bits per heavy atom. The van der Waals surface area contributed by atoms with Gasteiger partial charge in [-0.15, -0.1) is 0 Å². The molecule has 2 aromatic rings. The van der Waals surface area contributed by atoms with E-state index in [1.807, 2.05) is 13.8 Å². The van der Waals surface area contributed by atoms with Gasteiger partial charge in [-0.1, -0.05) is 32.9 Å². The molecule has 36 heavy (non-hydrogen) atoms. The van der Waals surface area contributed by atoms with Gasteiger partial charge in [0.25, 0.3) is 11.7 Å². The van der Waals surface area contributed by atoms with Crippen LogP contribution < -0.4 is 4.74 Å². The first-order valence-electron chi connectivity index (χ1n) is 11.7. The molecule has 0 radical (unpaired) electrons. The van der Waals surface area contributed by atoms with Gasteiger partial charge < -0.3 is 9.64 Å². The van der Waals surface area contributed by atoms with Gasteiger partial charge in [-0.05, 0) is 43.0 Å². The lowest BCUT2D eigenvalue weighted by atomic mass is 9.85. The number of benzene rings is 2. The first-order chi connectivity index (χ1) is 16.8. The summed E-state index contributed by atoms with van der Waals surface area (Å²) < 4.78 is 18.7. The summed E-state index contributed by atoms with van der Waals surface area (Å²) in [5, 5.41) is 23.5. The summed E-state index contributed by atoms with van der Waals surface area (Å²) in [6.07, 6.45) is 0. The third-order valence-electron chi connectivity index (χ3n) is 6.37. The summed E-state index contributed by atoms with van der Waals surface area (Å²) in [4.78, 5) is 38.9. The zero-order valence-electron chi connectivity index (χ0n) is 21.1. The Morgan fingerprint density at radius 2 is 1.67 bits per heavy atom. The lowest BCUT2D eigenvalue weighted by Crippen LogP contribution is -2.58. The van der Waals surface area contributed by atoms with E-state index in [1.54, 1.807) is 37.8 Å². The molecular weight excluding hydrogens is 471 g/mol. The van der Waals surface area contributed by atoms with E-state index < -0.39 is 44.9 Å². The van der Waals surface area contributed by atoms with Gasteiger partial charge in [0.05, 0.1) is 9.85 Å². The van der Waals surface area contributed by atoms with Gasteiger partial charge in [0, 0.05) is 43.3 Å². The first kappa shape index (κ1) is 27.0. The number of rotatable bonds is 7. The second-order valence-corrected chi connectivity index (χ2v) is 10.2. The van der Waals surface area contributed by atoms with Crippen LogP contribution in [0, 0.1) is 26.0 Å². The number of hydrogen-bond acceptors (Lipinski definition) is 7. The Balaban J connectivity index is 1.77. The van der Waals surface area contributed by atoms with Crippen LogP contribution in [0.1, 0.15) is 45.7 Å². The van der Waals surface area contributed by atoms with Crippen molar-refractivity contribution in [1.82, 2.24) is 9.80 Å². The van der Waals surface area contributed by atoms with Gasteiger partial charge in [0.1, 0.15) is 5.82 Å². The van der Waals surface area contributed by atoms with E-state index in [2.05, 4.69) is 4.90 Å². The maximum absolute atomic E-state index is 13.2. The smallest absolute Gasteiger partial charge is 0.321 e. The standard InChI is InChI=1S/C25H31FN4O6/c1-16-13-28(17(2)12-27(16)14-18-6-8-19(26)9-7-18)22(31)15-36-24-21(29(32)33)11-10-20(25(3,4)5)23(24)30(34)35/h6-11,16-17H,12-15H2,1-5H3/t16-,17+/m0/s1. The molecule has 0 saturated carbocycles. The largest absolute Gasteiger partial charge is 0.472 e. The lowest BCUT2D eigenvalue weighted by Gasteiger charge is -2.44. The monoisotopic (exact) mass is 502 g/mol. The van der Waals surface area contributed by atoms with Crippen LogP contribution in [0.5, 0.6) is 5.75 Å². The number of carbonyl (C=O) groups is 1. The van der Waals surface area contributed by atoms with Gasteiger partial charge in [-0.25, -0.2) is 4.39 Å². The Labute approximate surface area is 208 Å². The zero-order chi connectivity index (χ0) is 26.8. The molecule has 1 amide bonds. The van der Waals surface area contributed by atoms with Crippen molar-refractivity contribution >= 4 is 17.3 Å². The molecule has 3 rings (SSSR count). The number of amides is 1. The average Bonchev–Trinajstić information content (AvgIpc) is 2.79. The van der Waals surface area contributed by atoms with E-state index in [-0.39, 0.29) is 23.5 Å². The minimum Gasteiger partial charge on any atom is -0.472 e. The van der Waals surface area contributed by atoms with E-state index in [4.69, 9.17) is 4.74 Å². The second kappa shape index (κ2) is 10.6. The summed E-state index contributed by atoms with van der Waals surface area (Å²) in [6.45, 7) is 10.1. The van der Waals surface area contributed by atoms with Crippen LogP contribution in [-0.4, -0.2) is 57.3 Å². The average molecular weight is 503 g/mol. The normalized spacial score (nSPS) is 18.7. The summed E-state index contributed by atoms with van der Waals surface area (Å²) in [6, 6.07) is 8.60. The Hall–Kier alpha value is -3.60. The molecule has 2 atom stereocenters. The van der Waals surface area contributed by atoms with Crippen molar-refractivity contribution in [2.45, 2.75) is 58.7 Å². The van der Waals surface area contributed by atoms with Crippen LogP contribution in [0.15, 0.2) is 36.4 Å². The van der Waals surface area contributed by atoms with E-state index >= 15 is 0 Å². The minimum atomic E-state index is -0.752. The number of nitrogens with zero attached hydrogens (tertiary/aromatic N) is 4. The van der Waals surface area contributed by atoms with E-state index in [1.165, 1.54) is 24.3 Å². The number of hydrogen-bond donors (Lipinski definition) is 0. The molecule has 0 aliphatic carbocycles. The molecule has 1 aliphatic heterocycles. The van der Waals surface area contributed by atoms with E-state index in [0.717, 1.165) is 5.56 Å². The molecule has 2 aromatic carbocycles. The summed E-state index contributed by atoms with van der Waals surface area (Å²) in [5.74, 6) is -1.23. The number of halogens is 1. The van der Waals surface area contributed by atoms with Crippen molar-refractivity contribution in [2.24, 2.45) is 0 Å². The van der Waals surface area contributed by atoms with Gasteiger partial charge >= 0.3 is 11.4 Å². The van der Waals surface area contributed by atoms with Crippen LogP contribution in [0.25, 0.3) is 0 Å². The summed E-state index contributed by atoms with van der Waals surface area (Å²) in [5.41, 5.74) is -0.512. The van der Waals surface area contributed by atoms with Crippen molar-refractivity contribution in [2.75, 3.05) is 19.7 Å². The van der Waals surface area contributed by atoms with Crippen molar-refractivity contribution in [3.05, 3.63) is 73.6 Å².